The van der Waals surface area contributed by atoms with Gasteiger partial charge in [-0.3, -0.25) is 14.4 Å². The van der Waals surface area contributed by atoms with E-state index in [1.165, 1.54) is 6.92 Å². The van der Waals surface area contributed by atoms with E-state index in [-0.39, 0.29) is 6.42 Å². The summed E-state index contributed by atoms with van der Waals surface area (Å²) in [6, 6.07) is 6.43. The first kappa shape index (κ1) is 21.6. The standard InChI is InChI=1S/C18H28N4O4/c1-12(18(25)26)21-17(24)15(11-13-7-3-2-4-8-13)22-16(23)14(20)9-5-6-10-19/h2-4,7-8,12,14-15H,5-6,9-11,19-20H2,1H3,(H,21,24)(H,22,23)(H,25,26)/t12-,14-,15-/m0/s1. The van der Waals surface area contributed by atoms with Gasteiger partial charge in [0, 0.05) is 6.42 Å². The molecule has 1 aromatic rings. The Labute approximate surface area is 153 Å². The topological polar surface area (TPSA) is 148 Å². The third kappa shape index (κ3) is 7.62. The van der Waals surface area contributed by atoms with Crippen LogP contribution >= 0.6 is 0 Å². The van der Waals surface area contributed by atoms with E-state index in [9.17, 15) is 14.4 Å². The summed E-state index contributed by atoms with van der Waals surface area (Å²) in [4.78, 5) is 35.7. The van der Waals surface area contributed by atoms with Crippen LogP contribution in [-0.2, 0) is 20.8 Å². The largest absolute Gasteiger partial charge is 0.480 e. The lowest BCUT2D eigenvalue weighted by Crippen LogP contribution is -2.54. The maximum Gasteiger partial charge on any atom is 0.325 e. The molecule has 8 heteroatoms. The summed E-state index contributed by atoms with van der Waals surface area (Å²) >= 11 is 0. The molecule has 0 radical (unpaired) electrons. The van der Waals surface area contributed by atoms with Crippen LogP contribution in [0.5, 0.6) is 0 Å². The monoisotopic (exact) mass is 364 g/mol. The third-order valence-corrected chi connectivity index (χ3v) is 3.95. The number of aliphatic carboxylic acids is 1. The van der Waals surface area contributed by atoms with Gasteiger partial charge in [-0.15, -0.1) is 0 Å². The van der Waals surface area contributed by atoms with Crippen molar-refractivity contribution in [1.29, 1.82) is 0 Å². The van der Waals surface area contributed by atoms with Crippen LogP contribution in [0.1, 0.15) is 31.7 Å². The Hall–Kier alpha value is -2.45. The number of hydrogen-bond acceptors (Lipinski definition) is 5. The Morgan fingerprint density at radius 3 is 2.31 bits per heavy atom. The summed E-state index contributed by atoms with van der Waals surface area (Å²) in [5.74, 6) is -2.16. The average Bonchev–Trinajstić information content (AvgIpc) is 2.61. The van der Waals surface area contributed by atoms with Gasteiger partial charge in [-0.2, -0.15) is 0 Å². The van der Waals surface area contributed by atoms with Gasteiger partial charge in [0.05, 0.1) is 6.04 Å². The van der Waals surface area contributed by atoms with E-state index >= 15 is 0 Å². The summed E-state index contributed by atoms with van der Waals surface area (Å²) < 4.78 is 0. The Balaban J connectivity index is 2.77. The molecular formula is C18H28N4O4. The Kier molecular flexibility index (Phi) is 9.32. The minimum absolute atomic E-state index is 0.236. The molecule has 0 spiro atoms. The van der Waals surface area contributed by atoms with Gasteiger partial charge in [-0.05, 0) is 31.9 Å². The van der Waals surface area contributed by atoms with Crippen LogP contribution in [0.3, 0.4) is 0 Å². The van der Waals surface area contributed by atoms with Crippen molar-refractivity contribution >= 4 is 17.8 Å². The lowest BCUT2D eigenvalue weighted by molar-refractivity contribution is -0.141. The van der Waals surface area contributed by atoms with Gasteiger partial charge in [0.25, 0.3) is 0 Å². The van der Waals surface area contributed by atoms with Crippen molar-refractivity contribution in [1.82, 2.24) is 10.6 Å². The number of nitrogens with one attached hydrogen (secondary N) is 2. The van der Waals surface area contributed by atoms with Gasteiger partial charge >= 0.3 is 5.97 Å². The number of carbonyl (C=O) groups excluding carboxylic acids is 2. The van der Waals surface area contributed by atoms with Gasteiger partial charge in [0.1, 0.15) is 12.1 Å². The molecule has 3 atom stereocenters. The zero-order valence-electron chi connectivity index (χ0n) is 15.0. The van der Waals surface area contributed by atoms with Crippen LogP contribution in [0, 0.1) is 0 Å². The van der Waals surface area contributed by atoms with E-state index in [0.717, 1.165) is 18.4 Å². The number of carboxylic acid groups (broad SMARTS) is 1. The maximum atomic E-state index is 12.4. The van der Waals surface area contributed by atoms with Gasteiger partial charge < -0.3 is 27.2 Å². The molecule has 0 aliphatic heterocycles. The molecule has 0 saturated heterocycles. The molecule has 0 fully saturated rings. The smallest absolute Gasteiger partial charge is 0.325 e. The van der Waals surface area contributed by atoms with Crippen molar-refractivity contribution in [2.75, 3.05) is 6.54 Å². The molecule has 0 saturated carbocycles. The minimum atomic E-state index is -1.15. The van der Waals surface area contributed by atoms with Crippen molar-refractivity contribution in [3.8, 4) is 0 Å². The summed E-state index contributed by atoms with van der Waals surface area (Å²) in [6.07, 6.45) is 2.19. The fraction of sp³-hybridized carbons (Fsp3) is 0.500. The van der Waals surface area contributed by atoms with Crippen LogP contribution in [0.2, 0.25) is 0 Å². The second-order valence-corrected chi connectivity index (χ2v) is 6.21. The molecule has 0 heterocycles. The zero-order valence-corrected chi connectivity index (χ0v) is 15.0. The second-order valence-electron chi connectivity index (χ2n) is 6.21. The number of carbonyl (C=O) groups is 3. The van der Waals surface area contributed by atoms with Gasteiger partial charge in [-0.1, -0.05) is 36.8 Å². The summed E-state index contributed by atoms with van der Waals surface area (Å²) in [5, 5.41) is 14.0. The molecule has 1 rings (SSSR count). The van der Waals surface area contributed by atoms with Gasteiger partial charge in [-0.25, -0.2) is 0 Å². The average molecular weight is 364 g/mol. The highest BCUT2D eigenvalue weighted by Gasteiger charge is 2.26. The van der Waals surface area contributed by atoms with Crippen LogP contribution < -0.4 is 22.1 Å². The molecule has 144 valence electrons. The van der Waals surface area contributed by atoms with E-state index in [2.05, 4.69) is 10.6 Å². The quantitative estimate of drug-likeness (QED) is 0.342. The predicted octanol–water partition coefficient (Wildman–Crippen LogP) is -0.240. The first-order chi connectivity index (χ1) is 12.3. The molecule has 26 heavy (non-hydrogen) atoms. The van der Waals surface area contributed by atoms with E-state index in [1.807, 2.05) is 30.3 Å². The van der Waals surface area contributed by atoms with Crippen molar-refractivity contribution in [3.05, 3.63) is 35.9 Å². The summed E-state index contributed by atoms with van der Waals surface area (Å²) in [5.41, 5.74) is 12.1. The van der Waals surface area contributed by atoms with Gasteiger partial charge in [0.15, 0.2) is 0 Å². The minimum Gasteiger partial charge on any atom is -0.480 e. The third-order valence-electron chi connectivity index (χ3n) is 3.95. The highest BCUT2D eigenvalue weighted by atomic mass is 16.4. The van der Waals surface area contributed by atoms with E-state index in [1.54, 1.807) is 0 Å². The van der Waals surface area contributed by atoms with Crippen LogP contribution in [0.25, 0.3) is 0 Å². The van der Waals surface area contributed by atoms with Crippen molar-refractivity contribution in [2.24, 2.45) is 11.5 Å². The molecule has 7 N–H and O–H groups in total. The van der Waals surface area contributed by atoms with Gasteiger partial charge in [0.2, 0.25) is 11.8 Å². The van der Waals surface area contributed by atoms with Crippen molar-refractivity contribution < 1.29 is 19.5 Å². The molecule has 0 unspecified atom stereocenters. The molecule has 2 amide bonds. The SMILES string of the molecule is C[C@H](NC(=O)[C@H](Cc1ccccc1)NC(=O)[C@@H](N)CCCCN)C(=O)O. The Bertz CT molecular complexity index is 594. The second kappa shape index (κ2) is 11.2. The van der Waals surface area contributed by atoms with Crippen molar-refractivity contribution in [3.63, 3.8) is 0 Å². The number of nitrogens with two attached hydrogens (primary N) is 2. The van der Waals surface area contributed by atoms with Crippen LogP contribution in [-0.4, -0.2) is 47.6 Å². The highest BCUT2D eigenvalue weighted by molar-refractivity contribution is 5.91. The lowest BCUT2D eigenvalue weighted by atomic mass is 10.0. The highest BCUT2D eigenvalue weighted by Crippen LogP contribution is 2.05. The molecule has 0 aromatic heterocycles. The van der Waals surface area contributed by atoms with Crippen LogP contribution in [0.4, 0.5) is 0 Å². The number of carboxylic acids is 1. The van der Waals surface area contributed by atoms with Crippen LogP contribution in [0.15, 0.2) is 30.3 Å². The molecule has 8 nitrogen and oxygen atoms in total. The fourth-order valence-corrected chi connectivity index (χ4v) is 2.35. The summed E-state index contributed by atoms with van der Waals surface area (Å²) in [6.45, 7) is 1.89. The normalized spacial score (nSPS) is 14.1. The fourth-order valence-electron chi connectivity index (χ4n) is 2.35. The molecule has 0 bridgehead atoms. The number of benzene rings is 1. The Morgan fingerprint density at radius 2 is 1.73 bits per heavy atom. The Morgan fingerprint density at radius 1 is 1.08 bits per heavy atom. The van der Waals surface area contributed by atoms with E-state index < -0.39 is 35.9 Å². The van der Waals surface area contributed by atoms with Crippen molar-refractivity contribution in [2.45, 2.75) is 50.7 Å². The molecule has 0 aliphatic carbocycles. The zero-order chi connectivity index (χ0) is 19.5. The van der Waals surface area contributed by atoms with E-state index in [4.69, 9.17) is 16.6 Å². The molecule has 0 aliphatic rings. The summed E-state index contributed by atoms with van der Waals surface area (Å²) in [7, 11) is 0. The maximum absolute atomic E-state index is 12.4. The number of unbranched alkanes of at least 4 members (excludes halogenated alkanes) is 1. The number of rotatable bonds is 11. The lowest BCUT2D eigenvalue weighted by Gasteiger charge is -2.22. The first-order valence-electron chi connectivity index (χ1n) is 8.68. The number of hydrogen-bond donors (Lipinski definition) is 5. The predicted molar refractivity (Wildman–Crippen MR) is 98.2 cm³/mol. The van der Waals surface area contributed by atoms with E-state index in [0.29, 0.717) is 13.0 Å². The number of amides is 2. The first-order valence-corrected chi connectivity index (χ1v) is 8.68. The molecular weight excluding hydrogens is 336 g/mol. The molecule has 1 aromatic carbocycles.